The average molecular weight is 456 g/mol. The predicted molar refractivity (Wildman–Crippen MR) is 142 cm³/mol. The highest BCUT2D eigenvalue weighted by atomic mass is 16.1. The maximum Gasteiger partial charge on any atom is 0.137 e. The van der Waals surface area contributed by atoms with Crippen LogP contribution in [0.3, 0.4) is 0 Å². The molecule has 0 spiro atoms. The fourth-order valence-electron chi connectivity index (χ4n) is 6.77. The Labute approximate surface area is 206 Å². The highest BCUT2D eigenvalue weighted by molar-refractivity contribution is 6.05. The van der Waals surface area contributed by atoms with Crippen molar-refractivity contribution in [3.63, 3.8) is 0 Å². The molecule has 2 fully saturated rings. The van der Waals surface area contributed by atoms with Gasteiger partial charge in [0.05, 0.1) is 5.71 Å². The lowest BCUT2D eigenvalue weighted by atomic mass is 9.73. The lowest BCUT2D eigenvalue weighted by Gasteiger charge is -2.32. The molecule has 34 heavy (non-hydrogen) atoms. The molecule has 2 atom stereocenters. The second-order valence-electron chi connectivity index (χ2n) is 11.1. The zero-order chi connectivity index (χ0) is 23.2. The van der Waals surface area contributed by atoms with Gasteiger partial charge in [0.25, 0.3) is 0 Å². The number of hydrogen-bond donors (Lipinski definition) is 0. The summed E-state index contributed by atoms with van der Waals surface area (Å²) in [5.74, 6) is 2.32. The second-order valence-corrected chi connectivity index (χ2v) is 11.1. The van der Waals surface area contributed by atoms with Crippen LogP contribution in [0.4, 0.5) is 0 Å². The van der Waals surface area contributed by atoms with Crippen molar-refractivity contribution in [2.24, 2.45) is 16.8 Å². The van der Waals surface area contributed by atoms with Gasteiger partial charge < -0.3 is 0 Å². The molecule has 1 aromatic rings. The first-order chi connectivity index (χ1) is 16.8. The first-order valence-electron chi connectivity index (χ1n) is 14.0. The van der Waals surface area contributed by atoms with Crippen LogP contribution in [-0.2, 0) is 11.2 Å². The molecule has 2 nitrogen and oxygen atoms in total. The van der Waals surface area contributed by atoms with Crippen molar-refractivity contribution in [1.29, 1.82) is 0 Å². The second kappa shape index (κ2) is 11.5. The van der Waals surface area contributed by atoms with Gasteiger partial charge in [-0.2, -0.15) is 0 Å². The quantitative estimate of drug-likeness (QED) is 0.405. The van der Waals surface area contributed by atoms with E-state index >= 15 is 0 Å². The first kappa shape index (κ1) is 23.5. The Morgan fingerprint density at radius 3 is 2.76 bits per heavy atom. The number of Topliss-reactive ketones (excluding diaryl/α,β-unsaturated/α-hetero) is 1. The van der Waals surface area contributed by atoms with Crippen LogP contribution in [0.25, 0.3) is 0 Å². The Bertz CT molecular complexity index is 988. The minimum absolute atomic E-state index is 0.424. The number of hydrogen-bond acceptors (Lipinski definition) is 2. The lowest BCUT2D eigenvalue weighted by molar-refractivity contribution is -0.118. The summed E-state index contributed by atoms with van der Waals surface area (Å²) >= 11 is 0. The molecule has 2 saturated carbocycles. The van der Waals surface area contributed by atoms with E-state index in [1.165, 1.54) is 93.0 Å². The van der Waals surface area contributed by atoms with E-state index < -0.39 is 0 Å². The normalized spacial score (nSPS) is 25.6. The molecule has 0 aromatic heterocycles. The van der Waals surface area contributed by atoms with Gasteiger partial charge in [-0.05, 0) is 73.5 Å². The van der Waals surface area contributed by atoms with Crippen LogP contribution < -0.4 is 0 Å². The summed E-state index contributed by atoms with van der Waals surface area (Å²) in [5, 5.41) is 0. The molecular weight excluding hydrogens is 414 g/mol. The number of benzene rings is 1. The molecule has 4 aliphatic rings. The topological polar surface area (TPSA) is 29.4 Å². The van der Waals surface area contributed by atoms with E-state index in [9.17, 15) is 4.79 Å². The van der Waals surface area contributed by atoms with Gasteiger partial charge in [0, 0.05) is 25.0 Å². The lowest BCUT2D eigenvalue weighted by Crippen LogP contribution is -2.24. The van der Waals surface area contributed by atoms with E-state index in [1.54, 1.807) is 5.57 Å². The maximum atomic E-state index is 12.7. The molecule has 5 rings (SSSR count). The van der Waals surface area contributed by atoms with Crippen LogP contribution in [0.1, 0.15) is 107 Å². The number of ketones is 1. The van der Waals surface area contributed by atoms with Gasteiger partial charge in [0.2, 0.25) is 0 Å². The standard InChI is InChI=1S/C32H41NO/c34-30(19-18-24-9-2-1-3-10-24)22-25-11-6-13-27(21-25)28-14-7-15-29(23-28)32-31-17-5-4-12-26(31)16-8-20-33-32/h5-6,8,11,13,17,20-21,24,28-29H,1-4,7,9-10,12,14-16,18-19,22-23H2. The largest absolute Gasteiger partial charge is 0.299 e. The molecule has 2 heteroatoms. The van der Waals surface area contributed by atoms with Crippen LogP contribution in [0.15, 0.2) is 64.8 Å². The molecule has 0 saturated heterocycles. The van der Waals surface area contributed by atoms with Gasteiger partial charge in [-0.3, -0.25) is 9.79 Å². The fraction of sp³-hybridized carbons (Fsp3) is 0.562. The summed E-state index contributed by atoms with van der Waals surface area (Å²) in [6.45, 7) is 0. The first-order valence-corrected chi connectivity index (χ1v) is 14.0. The third kappa shape index (κ3) is 5.88. The smallest absolute Gasteiger partial charge is 0.137 e. The Morgan fingerprint density at radius 1 is 0.971 bits per heavy atom. The van der Waals surface area contributed by atoms with Gasteiger partial charge in [-0.1, -0.05) is 86.6 Å². The minimum Gasteiger partial charge on any atom is -0.299 e. The van der Waals surface area contributed by atoms with Crippen LogP contribution in [-0.4, -0.2) is 11.5 Å². The SMILES string of the molecule is O=C(CCC1CCCCC1)Cc1cccc(C2CCCC(C3=NC=CCC4=C3C=CCC4)C2)c1. The molecule has 0 bridgehead atoms. The molecule has 2 unspecified atom stereocenters. The molecule has 1 aromatic carbocycles. The van der Waals surface area contributed by atoms with Crippen molar-refractivity contribution >= 4 is 11.5 Å². The number of carbonyl (C=O) groups is 1. The van der Waals surface area contributed by atoms with Crippen molar-refractivity contribution in [2.75, 3.05) is 0 Å². The van der Waals surface area contributed by atoms with Crippen molar-refractivity contribution in [3.8, 4) is 0 Å². The Balaban J connectivity index is 1.22. The number of nitrogens with zero attached hydrogens (tertiary/aromatic N) is 1. The molecule has 3 aliphatic carbocycles. The maximum absolute atomic E-state index is 12.7. The molecule has 0 amide bonds. The average Bonchev–Trinajstić information content (AvgIpc) is 3.11. The summed E-state index contributed by atoms with van der Waals surface area (Å²) < 4.78 is 0. The summed E-state index contributed by atoms with van der Waals surface area (Å²) in [5.41, 5.74) is 6.98. The number of allylic oxidation sites excluding steroid dienone is 5. The van der Waals surface area contributed by atoms with Gasteiger partial charge in [0.1, 0.15) is 5.78 Å². The summed E-state index contributed by atoms with van der Waals surface area (Å²) in [6, 6.07) is 8.97. The van der Waals surface area contributed by atoms with Crippen LogP contribution in [0, 0.1) is 11.8 Å². The number of carbonyl (C=O) groups excluding carboxylic acids is 1. The Morgan fingerprint density at radius 2 is 1.85 bits per heavy atom. The Hall–Kier alpha value is -2.22. The van der Waals surface area contributed by atoms with Gasteiger partial charge in [-0.25, -0.2) is 0 Å². The highest BCUT2D eigenvalue weighted by Gasteiger charge is 2.29. The molecule has 0 N–H and O–H groups in total. The molecular formula is C32H41NO. The van der Waals surface area contributed by atoms with Crippen LogP contribution in [0.2, 0.25) is 0 Å². The summed E-state index contributed by atoms with van der Waals surface area (Å²) in [6.07, 6.45) is 26.5. The highest BCUT2D eigenvalue weighted by Crippen LogP contribution is 2.40. The molecule has 0 radical (unpaired) electrons. The molecule has 1 heterocycles. The van der Waals surface area contributed by atoms with E-state index in [-0.39, 0.29) is 0 Å². The van der Waals surface area contributed by atoms with Crippen LogP contribution in [0.5, 0.6) is 0 Å². The van der Waals surface area contributed by atoms with Crippen molar-refractivity contribution in [3.05, 3.63) is 71.0 Å². The third-order valence-corrected chi connectivity index (χ3v) is 8.68. The van der Waals surface area contributed by atoms with Crippen molar-refractivity contribution in [2.45, 2.75) is 102 Å². The zero-order valence-electron chi connectivity index (χ0n) is 20.8. The van der Waals surface area contributed by atoms with E-state index in [0.717, 1.165) is 25.2 Å². The zero-order valence-corrected chi connectivity index (χ0v) is 20.8. The van der Waals surface area contributed by atoms with E-state index in [2.05, 4.69) is 42.5 Å². The number of rotatable bonds is 7. The number of aliphatic imine (C=N–C) groups is 1. The van der Waals surface area contributed by atoms with E-state index in [1.807, 2.05) is 6.20 Å². The van der Waals surface area contributed by atoms with Gasteiger partial charge in [-0.15, -0.1) is 0 Å². The van der Waals surface area contributed by atoms with E-state index in [4.69, 9.17) is 4.99 Å². The molecule has 1 aliphatic heterocycles. The van der Waals surface area contributed by atoms with Gasteiger partial charge >= 0.3 is 0 Å². The van der Waals surface area contributed by atoms with Crippen LogP contribution >= 0.6 is 0 Å². The summed E-state index contributed by atoms with van der Waals surface area (Å²) in [4.78, 5) is 17.7. The van der Waals surface area contributed by atoms with Gasteiger partial charge in [0.15, 0.2) is 0 Å². The van der Waals surface area contributed by atoms with Crippen molar-refractivity contribution < 1.29 is 4.79 Å². The summed E-state index contributed by atoms with van der Waals surface area (Å²) in [7, 11) is 0. The minimum atomic E-state index is 0.424. The predicted octanol–water partition coefficient (Wildman–Crippen LogP) is 8.44. The Kier molecular flexibility index (Phi) is 7.94. The van der Waals surface area contributed by atoms with E-state index in [0.29, 0.717) is 24.0 Å². The molecule has 180 valence electrons. The third-order valence-electron chi connectivity index (χ3n) is 8.68. The van der Waals surface area contributed by atoms with Crippen molar-refractivity contribution in [1.82, 2.24) is 0 Å². The monoisotopic (exact) mass is 455 g/mol. The fourth-order valence-corrected chi connectivity index (χ4v) is 6.77.